The number of aromatic amines is 1. The first-order chi connectivity index (χ1) is 17.7. The van der Waals surface area contributed by atoms with Crippen molar-refractivity contribution >= 4 is 36.5 Å². The van der Waals surface area contributed by atoms with E-state index in [9.17, 15) is 18.9 Å². The number of rotatable bonds is 13. The van der Waals surface area contributed by atoms with Gasteiger partial charge in [0.1, 0.15) is 18.5 Å². The molecule has 0 saturated heterocycles. The molecule has 0 spiro atoms. The summed E-state index contributed by atoms with van der Waals surface area (Å²) in [5.74, 6) is 0.855. The molecular weight excluding hydrogens is 505 g/mol. The molecule has 3 atom stereocenters. The lowest BCUT2D eigenvalue weighted by Crippen LogP contribution is -2.44. The quantitative estimate of drug-likeness (QED) is 0.120. The summed E-state index contributed by atoms with van der Waals surface area (Å²) in [6, 6.07) is -2.31. The number of terminal acetylenes is 1. The van der Waals surface area contributed by atoms with Crippen LogP contribution in [-0.4, -0.2) is 69.2 Å². The lowest BCUT2D eigenvalue weighted by molar-refractivity contribution is -0.149. The number of esters is 2. The van der Waals surface area contributed by atoms with Crippen molar-refractivity contribution in [1.29, 1.82) is 0 Å². The molecule has 5 N–H and O–H groups in total. The molecule has 1 unspecified atom stereocenters. The molecular formula is C22H32N7O7P. The Morgan fingerprint density at radius 3 is 2.76 bits per heavy atom. The highest BCUT2D eigenvalue weighted by atomic mass is 31.2. The zero-order valence-electron chi connectivity index (χ0n) is 20.8. The SMILES string of the molecule is C#C[C@@H](NP(=O)(COCCn1cnc2c(=O)[nH]c(N)nc21)N[C@@H](C)C(=O)OCC)C(=O)OC1CCCC1. The van der Waals surface area contributed by atoms with E-state index in [1.807, 2.05) is 0 Å². The Balaban J connectivity index is 1.67. The Kier molecular flexibility index (Phi) is 9.82. The van der Waals surface area contributed by atoms with Crippen LogP contribution in [0.3, 0.4) is 0 Å². The van der Waals surface area contributed by atoms with Crippen LogP contribution in [0.2, 0.25) is 0 Å². The number of nitrogen functional groups attached to an aromatic ring is 1. The maximum atomic E-state index is 13.8. The molecule has 2 aromatic heterocycles. The second kappa shape index (κ2) is 12.8. The summed E-state index contributed by atoms with van der Waals surface area (Å²) in [5.41, 5.74) is 5.51. The number of nitrogens with zero attached hydrogens (tertiary/aromatic N) is 3. The molecule has 0 bridgehead atoms. The van der Waals surface area contributed by atoms with E-state index in [2.05, 4.69) is 31.0 Å². The molecule has 1 aliphatic rings. The molecule has 37 heavy (non-hydrogen) atoms. The first-order valence-corrected chi connectivity index (χ1v) is 13.8. The number of anilines is 1. The third-order valence-electron chi connectivity index (χ3n) is 5.61. The lowest BCUT2D eigenvalue weighted by atomic mass is 10.3. The van der Waals surface area contributed by atoms with Crippen molar-refractivity contribution in [3.63, 3.8) is 0 Å². The highest BCUT2D eigenvalue weighted by Crippen LogP contribution is 2.38. The predicted octanol–water partition coefficient (Wildman–Crippen LogP) is 0.487. The molecule has 2 aromatic rings. The number of aromatic nitrogens is 4. The molecule has 2 heterocycles. The fourth-order valence-corrected chi connectivity index (χ4v) is 5.78. The summed E-state index contributed by atoms with van der Waals surface area (Å²) >= 11 is 0. The van der Waals surface area contributed by atoms with E-state index in [-0.39, 0.29) is 43.0 Å². The summed E-state index contributed by atoms with van der Waals surface area (Å²) in [6.07, 6.45) is 9.70. The average Bonchev–Trinajstić information content (AvgIpc) is 3.50. The van der Waals surface area contributed by atoms with Crippen LogP contribution in [0, 0.1) is 12.3 Å². The Bertz CT molecular complexity index is 1250. The van der Waals surface area contributed by atoms with Crippen LogP contribution in [0.4, 0.5) is 5.95 Å². The Morgan fingerprint density at radius 2 is 2.08 bits per heavy atom. The molecule has 1 saturated carbocycles. The number of carbonyl (C=O) groups excluding carboxylic acids is 2. The van der Waals surface area contributed by atoms with Crippen molar-refractivity contribution in [3.05, 3.63) is 16.7 Å². The van der Waals surface area contributed by atoms with Gasteiger partial charge in [0.15, 0.2) is 17.2 Å². The smallest absolute Gasteiger partial charge is 0.336 e. The maximum Gasteiger partial charge on any atom is 0.336 e. The molecule has 0 amide bonds. The van der Waals surface area contributed by atoms with Crippen LogP contribution in [0.5, 0.6) is 0 Å². The number of carbonyl (C=O) groups is 2. The van der Waals surface area contributed by atoms with Gasteiger partial charge in [-0.05, 0) is 39.5 Å². The molecule has 0 radical (unpaired) electrons. The van der Waals surface area contributed by atoms with Gasteiger partial charge in [-0.15, -0.1) is 6.42 Å². The fraction of sp³-hybridized carbons (Fsp3) is 0.591. The predicted molar refractivity (Wildman–Crippen MR) is 134 cm³/mol. The number of nitrogens with two attached hydrogens (primary N) is 1. The van der Waals surface area contributed by atoms with Crippen LogP contribution in [0.15, 0.2) is 11.1 Å². The van der Waals surface area contributed by atoms with Crippen LogP contribution in [-0.2, 0) is 34.9 Å². The average molecular weight is 538 g/mol. The van der Waals surface area contributed by atoms with Crippen LogP contribution >= 0.6 is 7.44 Å². The number of fused-ring (bicyclic) bond motifs is 1. The van der Waals surface area contributed by atoms with E-state index in [0.717, 1.165) is 25.7 Å². The van der Waals surface area contributed by atoms with Gasteiger partial charge >= 0.3 is 11.9 Å². The van der Waals surface area contributed by atoms with Crippen molar-refractivity contribution in [2.24, 2.45) is 0 Å². The molecule has 0 aromatic carbocycles. The largest absolute Gasteiger partial charge is 0.465 e. The standard InChI is InChI=1S/C22H32N7O7P/c1-4-16(21(32)36-15-8-6-7-9-15)28-37(33,27-14(3)20(31)35-5-2)13-34-11-10-29-12-24-17-18(29)25-22(23)26-19(17)30/h1,12,14-16H,5-11,13H2,2-3H3,(H2,27,28,33)(H3,23,25,26,30)/t14-,16+,37?/m0/s1. The number of hydrogen-bond donors (Lipinski definition) is 4. The van der Waals surface area contributed by atoms with Gasteiger partial charge in [-0.25, -0.2) is 20.0 Å². The summed E-state index contributed by atoms with van der Waals surface area (Å²) < 4.78 is 31.4. The van der Waals surface area contributed by atoms with Gasteiger partial charge < -0.3 is 24.5 Å². The van der Waals surface area contributed by atoms with Gasteiger partial charge in [-0.1, -0.05) is 5.92 Å². The van der Waals surface area contributed by atoms with Gasteiger partial charge in [0.05, 0.1) is 19.5 Å². The topological polar surface area (TPSA) is 193 Å². The zero-order valence-corrected chi connectivity index (χ0v) is 21.7. The number of ether oxygens (including phenoxy) is 3. The third-order valence-corrected chi connectivity index (χ3v) is 7.64. The molecule has 1 aliphatic carbocycles. The monoisotopic (exact) mass is 537 g/mol. The zero-order chi connectivity index (χ0) is 27.0. The van der Waals surface area contributed by atoms with E-state index in [1.165, 1.54) is 13.3 Å². The Morgan fingerprint density at radius 1 is 1.35 bits per heavy atom. The minimum atomic E-state index is -3.78. The molecule has 14 nitrogen and oxygen atoms in total. The number of imidazole rings is 1. The molecule has 15 heteroatoms. The van der Waals surface area contributed by atoms with Crippen LogP contribution in [0.1, 0.15) is 39.5 Å². The summed E-state index contributed by atoms with van der Waals surface area (Å²) in [6.45, 7) is 3.48. The second-order valence-corrected chi connectivity index (χ2v) is 10.8. The molecule has 3 rings (SSSR count). The van der Waals surface area contributed by atoms with Crippen molar-refractivity contribution in [2.75, 3.05) is 25.3 Å². The highest BCUT2D eigenvalue weighted by Gasteiger charge is 2.34. The minimum Gasteiger partial charge on any atom is -0.465 e. The van der Waals surface area contributed by atoms with E-state index in [0.29, 0.717) is 0 Å². The molecule has 202 valence electrons. The number of nitrogens with one attached hydrogen (secondary N) is 3. The van der Waals surface area contributed by atoms with Gasteiger partial charge in [-0.3, -0.25) is 19.1 Å². The van der Waals surface area contributed by atoms with Crippen LogP contribution < -0.4 is 21.5 Å². The summed E-state index contributed by atoms with van der Waals surface area (Å²) in [4.78, 5) is 47.2. The van der Waals surface area contributed by atoms with E-state index in [1.54, 1.807) is 11.5 Å². The number of hydrogen-bond acceptors (Lipinski definition) is 10. The van der Waals surface area contributed by atoms with Gasteiger partial charge in [0.25, 0.3) is 5.56 Å². The maximum absolute atomic E-state index is 13.8. The highest BCUT2D eigenvalue weighted by molar-refractivity contribution is 7.59. The van der Waals surface area contributed by atoms with Crippen LogP contribution in [0.25, 0.3) is 11.2 Å². The van der Waals surface area contributed by atoms with Gasteiger partial charge in [0, 0.05) is 6.54 Å². The Labute approximate surface area is 213 Å². The summed E-state index contributed by atoms with van der Waals surface area (Å²) in [5, 5.41) is 5.31. The van der Waals surface area contributed by atoms with E-state index < -0.39 is 43.4 Å². The van der Waals surface area contributed by atoms with Gasteiger partial charge in [0.2, 0.25) is 13.4 Å². The van der Waals surface area contributed by atoms with E-state index in [4.69, 9.17) is 26.4 Å². The Hall–Kier alpha value is -3.24. The second-order valence-electron chi connectivity index (χ2n) is 8.51. The fourth-order valence-electron chi connectivity index (χ4n) is 3.84. The first-order valence-electron chi connectivity index (χ1n) is 11.9. The molecule has 0 aliphatic heterocycles. The third kappa shape index (κ3) is 7.62. The minimum absolute atomic E-state index is 0.0220. The van der Waals surface area contributed by atoms with Gasteiger partial charge in [-0.2, -0.15) is 4.98 Å². The van der Waals surface area contributed by atoms with Crippen molar-refractivity contribution in [3.8, 4) is 12.3 Å². The molecule has 1 fully saturated rings. The summed E-state index contributed by atoms with van der Waals surface area (Å²) in [7, 11) is -3.78. The van der Waals surface area contributed by atoms with E-state index >= 15 is 0 Å². The first kappa shape index (κ1) is 28.3. The lowest BCUT2D eigenvalue weighted by Gasteiger charge is -2.26. The van der Waals surface area contributed by atoms with Crippen molar-refractivity contribution in [1.82, 2.24) is 29.7 Å². The van der Waals surface area contributed by atoms with Crippen molar-refractivity contribution < 1.29 is 28.4 Å². The van der Waals surface area contributed by atoms with Crippen molar-refractivity contribution in [2.45, 2.75) is 64.3 Å². The normalized spacial score (nSPS) is 17.1. The number of H-pyrrole nitrogens is 1.